The lowest BCUT2D eigenvalue weighted by Crippen LogP contribution is -2.17. The number of benzene rings is 1. The van der Waals surface area contributed by atoms with E-state index in [4.69, 9.17) is 4.42 Å². The molecular formula is C16H19N5O. The lowest BCUT2D eigenvalue weighted by atomic mass is 10.3. The molecule has 114 valence electrons. The average molecular weight is 297 g/mol. The van der Waals surface area contributed by atoms with Gasteiger partial charge in [-0.3, -0.25) is 4.90 Å². The van der Waals surface area contributed by atoms with Crippen molar-refractivity contribution in [2.24, 2.45) is 0 Å². The summed E-state index contributed by atoms with van der Waals surface area (Å²) in [5.74, 6) is 1.33. The molecule has 0 N–H and O–H groups in total. The fraction of sp³-hybridized carbons (Fsp3) is 0.312. The molecule has 0 amide bonds. The van der Waals surface area contributed by atoms with E-state index in [1.54, 1.807) is 0 Å². The second-order valence-corrected chi connectivity index (χ2v) is 5.24. The molecule has 0 aliphatic rings. The maximum absolute atomic E-state index is 5.53. The second kappa shape index (κ2) is 6.53. The molecule has 0 spiro atoms. The molecule has 0 saturated carbocycles. The van der Waals surface area contributed by atoms with Crippen molar-refractivity contribution in [2.75, 3.05) is 7.05 Å². The van der Waals surface area contributed by atoms with Gasteiger partial charge in [0.15, 0.2) is 0 Å². The number of para-hydroxylation sites is 1. The van der Waals surface area contributed by atoms with E-state index in [0.717, 1.165) is 24.2 Å². The summed E-state index contributed by atoms with van der Waals surface area (Å²) in [7, 11) is 2.02. The molecule has 1 aromatic carbocycles. The summed E-state index contributed by atoms with van der Waals surface area (Å²) in [5, 5.41) is 12.4. The van der Waals surface area contributed by atoms with Crippen LogP contribution in [0.4, 0.5) is 0 Å². The predicted molar refractivity (Wildman–Crippen MR) is 82.4 cm³/mol. The lowest BCUT2D eigenvalue weighted by molar-refractivity contribution is 0.277. The number of aryl methyl sites for hydroxylation is 1. The highest BCUT2D eigenvalue weighted by Crippen LogP contribution is 2.11. The van der Waals surface area contributed by atoms with Gasteiger partial charge in [0.05, 0.1) is 18.4 Å². The Hall–Kier alpha value is -2.47. The van der Waals surface area contributed by atoms with Crippen LogP contribution in [-0.2, 0) is 19.5 Å². The first-order valence-corrected chi connectivity index (χ1v) is 7.33. The van der Waals surface area contributed by atoms with Gasteiger partial charge in [0.25, 0.3) is 0 Å². The average Bonchev–Trinajstić information content (AvgIpc) is 3.17. The SMILES string of the molecule is CCc1nnc(CN(C)Cc2cnn(-c3ccccc3)c2)o1. The maximum atomic E-state index is 5.53. The van der Waals surface area contributed by atoms with Crippen LogP contribution in [0.2, 0.25) is 0 Å². The quantitative estimate of drug-likeness (QED) is 0.699. The summed E-state index contributed by atoms with van der Waals surface area (Å²) in [5.41, 5.74) is 2.20. The summed E-state index contributed by atoms with van der Waals surface area (Å²) in [4.78, 5) is 2.12. The molecule has 3 aromatic rings. The third-order valence-corrected chi connectivity index (χ3v) is 3.33. The van der Waals surface area contributed by atoms with Gasteiger partial charge in [-0.25, -0.2) is 4.68 Å². The van der Waals surface area contributed by atoms with E-state index in [1.807, 2.05) is 61.4 Å². The van der Waals surface area contributed by atoms with E-state index in [1.165, 1.54) is 0 Å². The largest absolute Gasteiger partial charge is 0.424 e. The second-order valence-electron chi connectivity index (χ2n) is 5.24. The van der Waals surface area contributed by atoms with Crippen LogP contribution in [0.3, 0.4) is 0 Å². The monoisotopic (exact) mass is 297 g/mol. The summed E-state index contributed by atoms with van der Waals surface area (Å²) >= 11 is 0. The van der Waals surface area contributed by atoms with Crippen molar-refractivity contribution in [3.05, 3.63) is 60.1 Å². The lowest BCUT2D eigenvalue weighted by Gasteiger charge is -2.12. The Morgan fingerprint density at radius 3 is 2.59 bits per heavy atom. The standard InChI is InChI=1S/C16H19N5O/c1-3-15-18-19-16(22-15)12-20(2)10-13-9-17-21(11-13)14-7-5-4-6-8-14/h4-9,11H,3,10,12H2,1-2H3. The molecular weight excluding hydrogens is 278 g/mol. The Morgan fingerprint density at radius 2 is 1.86 bits per heavy atom. The van der Waals surface area contributed by atoms with Gasteiger partial charge in [0.2, 0.25) is 11.8 Å². The normalized spacial score (nSPS) is 11.2. The third kappa shape index (κ3) is 3.40. The van der Waals surface area contributed by atoms with Crippen molar-refractivity contribution in [1.29, 1.82) is 0 Å². The zero-order valence-corrected chi connectivity index (χ0v) is 12.8. The van der Waals surface area contributed by atoms with Gasteiger partial charge in [-0.15, -0.1) is 10.2 Å². The highest BCUT2D eigenvalue weighted by molar-refractivity contribution is 5.30. The first-order valence-electron chi connectivity index (χ1n) is 7.33. The summed E-state index contributed by atoms with van der Waals surface area (Å²) < 4.78 is 7.41. The van der Waals surface area contributed by atoms with Crippen molar-refractivity contribution in [2.45, 2.75) is 26.4 Å². The predicted octanol–water partition coefficient (Wildman–Crippen LogP) is 2.45. The summed E-state index contributed by atoms with van der Waals surface area (Å²) in [6.07, 6.45) is 4.69. The topological polar surface area (TPSA) is 60.0 Å². The Balaban J connectivity index is 1.62. The van der Waals surface area contributed by atoms with Crippen LogP contribution < -0.4 is 0 Å². The Labute approximate surface area is 129 Å². The molecule has 0 radical (unpaired) electrons. The molecule has 0 bridgehead atoms. The zero-order chi connectivity index (χ0) is 15.4. The molecule has 0 aliphatic carbocycles. The van der Waals surface area contributed by atoms with Crippen LogP contribution in [0.5, 0.6) is 0 Å². The van der Waals surface area contributed by atoms with Crippen LogP contribution in [0.15, 0.2) is 47.1 Å². The van der Waals surface area contributed by atoms with Gasteiger partial charge in [0.1, 0.15) is 0 Å². The Bertz CT molecular complexity index is 719. The molecule has 0 fully saturated rings. The van der Waals surface area contributed by atoms with Crippen LogP contribution in [0, 0.1) is 0 Å². The van der Waals surface area contributed by atoms with Gasteiger partial charge in [0, 0.05) is 24.7 Å². The van der Waals surface area contributed by atoms with Crippen LogP contribution in [0.25, 0.3) is 5.69 Å². The van der Waals surface area contributed by atoms with Gasteiger partial charge in [-0.05, 0) is 19.2 Å². The molecule has 0 unspecified atom stereocenters. The third-order valence-electron chi connectivity index (χ3n) is 3.33. The molecule has 22 heavy (non-hydrogen) atoms. The molecule has 0 atom stereocenters. The van der Waals surface area contributed by atoms with Crippen molar-refractivity contribution in [1.82, 2.24) is 24.9 Å². The minimum absolute atomic E-state index is 0.628. The number of nitrogens with zero attached hydrogens (tertiary/aromatic N) is 5. The highest BCUT2D eigenvalue weighted by atomic mass is 16.4. The van der Waals surface area contributed by atoms with E-state index in [0.29, 0.717) is 18.3 Å². The fourth-order valence-corrected chi connectivity index (χ4v) is 2.26. The van der Waals surface area contributed by atoms with Crippen LogP contribution >= 0.6 is 0 Å². The molecule has 6 nitrogen and oxygen atoms in total. The molecule has 6 heteroatoms. The van der Waals surface area contributed by atoms with Crippen molar-refractivity contribution >= 4 is 0 Å². The number of aromatic nitrogens is 4. The molecule has 3 rings (SSSR count). The van der Waals surface area contributed by atoms with Gasteiger partial charge in [-0.1, -0.05) is 25.1 Å². The fourth-order valence-electron chi connectivity index (χ4n) is 2.26. The van der Waals surface area contributed by atoms with E-state index >= 15 is 0 Å². The number of hydrogen-bond acceptors (Lipinski definition) is 5. The Kier molecular flexibility index (Phi) is 4.29. The van der Waals surface area contributed by atoms with Gasteiger partial charge < -0.3 is 4.42 Å². The summed E-state index contributed by atoms with van der Waals surface area (Å²) in [6.45, 7) is 3.40. The van der Waals surface area contributed by atoms with Crippen LogP contribution in [0.1, 0.15) is 24.3 Å². The maximum Gasteiger partial charge on any atom is 0.230 e. The molecule has 2 heterocycles. The van der Waals surface area contributed by atoms with E-state index in [2.05, 4.69) is 20.2 Å². The van der Waals surface area contributed by atoms with Gasteiger partial charge in [-0.2, -0.15) is 5.10 Å². The first kappa shape index (κ1) is 14.5. The van der Waals surface area contributed by atoms with Crippen molar-refractivity contribution < 1.29 is 4.42 Å². The molecule has 0 aliphatic heterocycles. The minimum Gasteiger partial charge on any atom is -0.424 e. The number of hydrogen-bond donors (Lipinski definition) is 0. The zero-order valence-electron chi connectivity index (χ0n) is 12.8. The smallest absolute Gasteiger partial charge is 0.230 e. The van der Waals surface area contributed by atoms with E-state index < -0.39 is 0 Å². The number of rotatable bonds is 6. The van der Waals surface area contributed by atoms with Crippen molar-refractivity contribution in [3.8, 4) is 5.69 Å². The minimum atomic E-state index is 0.628. The Morgan fingerprint density at radius 1 is 1.09 bits per heavy atom. The van der Waals surface area contributed by atoms with E-state index in [9.17, 15) is 0 Å². The summed E-state index contributed by atoms with van der Waals surface area (Å²) in [6, 6.07) is 10.1. The van der Waals surface area contributed by atoms with E-state index in [-0.39, 0.29) is 0 Å². The first-order chi connectivity index (χ1) is 10.7. The van der Waals surface area contributed by atoms with Crippen molar-refractivity contribution in [3.63, 3.8) is 0 Å². The molecule has 2 aromatic heterocycles. The van der Waals surface area contributed by atoms with Crippen LogP contribution in [-0.4, -0.2) is 31.9 Å². The van der Waals surface area contributed by atoms with Gasteiger partial charge >= 0.3 is 0 Å². The molecule has 0 saturated heterocycles. The highest BCUT2D eigenvalue weighted by Gasteiger charge is 2.09.